The molecule has 1 unspecified atom stereocenters. The molecule has 1 aliphatic rings. The van der Waals surface area contributed by atoms with Crippen LogP contribution in [0.1, 0.15) is 37.0 Å². The molecular weight excluding hydrogens is 306 g/mol. The third-order valence-corrected chi connectivity index (χ3v) is 4.26. The van der Waals surface area contributed by atoms with E-state index in [1.807, 2.05) is 13.0 Å². The highest BCUT2D eigenvalue weighted by Gasteiger charge is 2.23. The Labute approximate surface area is 141 Å². The zero-order valence-electron chi connectivity index (χ0n) is 13.9. The maximum atomic E-state index is 11.5. The summed E-state index contributed by atoms with van der Waals surface area (Å²) in [6, 6.07) is 7.34. The van der Waals surface area contributed by atoms with Gasteiger partial charge in [0, 0.05) is 24.3 Å². The van der Waals surface area contributed by atoms with E-state index in [9.17, 15) is 9.90 Å². The van der Waals surface area contributed by atoms with Crippen molar-refractivity contribution in [1.82, 2.24) is 9.97 Å². The summed E-state index contributed by atoms with van der Waals surface area (Å²) in [4.78, 5) is 22.7. The molecule has 1 aliphatic heterocycles. The van der Waals surface area contributed by atoms with Crippen molar-refractivity contribution >= 4 is 11.9 Å². The van der Waals surface area contributed by atoms with Crippen molar-refractivity contribution in [2.24, 2.45) is 0 Å². The fraction of sp³-hybridized carbons (Fsp3) is 0.389. The van der Waals surface area contributed by atoms with Gasteiger partial charge in [-0.15, -0.1) is 0 Å². The number of nitrogens with zero attached hydrogens (tertiary/aromatic N) is 3. The summed E-state index contributed by atoms with van der Waals surface area (Å²) in [5.74, 6) is 0.0576. The summed E-state index contributed by atoms with van der Waals surface area (Å²) in [5, 5.41) is 9.40. The lowest BCUT2D eigenvalue weighted by Gasteiger charge is -2.21. The lowest BCUT2D eigenvalue weighted by atomic mass is 10.1. The second kappa shape index (κ2) is 6.86. The van der Waals surface area contributed by atoms with E-state index in [0.29, 0.717) is 30.0 Å². The van der Waals surface area contributed by atoms with Crippen molar-refractivity contribution in [3.63, 3.8) is 0 Å². The van der Waals surface area contributed by atoms with Crippen LogP contribution in [0.3, 0.4) is 0 Å². The molecule has 3 rings (SSSR count). The summed E-state index contributed by atoms with van der Waals surface area (Å²) in [6.07, 6.45) is 4.00. The highest BCUT2D eigenvalue weighted by Crippen LogP contribution is 2.28. The number of aromatic carboxylic acids is 1. The van der Waals surface area contributed by atoms with Crippen LogP contribution in [0.15, 0.2) is 30.5 Å². The summed E-state index contributed by atoms with van der Waals surface area (Å²) >= 11 is 0. The number of benzene rings is 1. The molecule has 0 bridgehead atoms. The second-order valence-corrected chi connectivity index (χ2v) is 5.88. The molecular formula is C18H21N3O3. The van der Waals surface area contributed by atoms with Gasteiger partial charge in [-0.1, -0.05) is 0 Å². The van der Waals surface area contributed by atoms with Crippen molar-refractivity contribution in [2.45, 2.75) is 32.7 Å². The molecule has 1 atom stereocenters. The van der Waals surface area contributed by atoms with Gasteiger partial charge in [0.05, 0.1) is 12.3 Å². The first-order valence-electron chi connectivity index (χ1n) is 8.20. The summed E-state index contributed by atoms with van der Waals surface area (Å²) in [7, 11) is 0. The van der Waals surface area contributed by atoms with Crippen LogP contribution in [0.25, 0.3) is 11.3 Å². The number of carboxylic acids is 1. The van der Waals surface area contributed by atoms with Gasteiger partial charge < -0.3 is 14.7 Å². The Kier molecular flexibility index (Phi) is 4.64. The molecule has 0 spiro atoms. The molecule has 1 fully saturated rings. The topological polar surface area (TPSA) is 75.5 Å². The molecule has 1 saturated heterocycles. The number of anilines is 1. The van der Waals surface area contributed by atoms with Gasteiger partial charge in [-0.2, -0.15) is 0 Å². The fourth-order valence-corrected chi connectivity index (χ4v) is 3.02. The predicted molar refractivity (Wildman–Crippen MR) is 91.6 cm³/mol. The SMILES string of the molecule is CCOc1ccc(-c2ccnc(N3CCCC3C)n2)cc1C(=O)O. The Morgan fingerprint density at radius 1 is 1.42 bits per heavy atom. The Hall–Kier alpha value is -2.63. The smallest absolute Gasteiger partial charge is 0.339 e. The Balaban J connectivity index is 1.97. The summed E-state index contributed by atoms with van der Waals surface area (Å²) in [5.41, 5.74) is 1.60. The monoisotopic (exact) mass is 327 g/mol. The van der Waals surface area contributed by atoms with E-state index in [1.54, 1.807) is 24.4 Å². The maximum absolute atomic E-state index is 11.5. The van der Waals surface area contributed by atoms with Crippen LogP contribution in [0.4, 0.5) is 5.95 Å². The molecule has 0 amide bonds. The average molecular weight is 327 g/mol. The van der Waals surface area contributed by atoms with Gasteiger partial charge in [-0.3, -0.25) is 0 Å². The zero-order chi connectivity index (χ0) is 17.1. The number of carbonyl (C=O) groups is 1. The van der Waals surface area contributed by atoms with E-state index >= 15 is 0 Å². The molecule has 1 aromatic heterocycles. The van der Waals surface area contributed by atoms with Crippen molar-refractivity contribution in [3.05, 3.63) is 36.0 Å². The second-order valence-electron chi connectivity index (χ2n) is 5.88. The van der Waals surface area contributed by atoms with Crippen LogP contribution in [0, 0.1) is 0 Å². The Morgan fingerprint density at radius 2 is 2.25 bits per heavy atom. The van der Waals surface area contributed by atoms with Crippen LogP contribution >= 0.6 is 0 Å². The number of hydrogen-bond donors (Lipinski definition) is 1. The summed E-state index contributed by atoms with van der Waals surface area (Å²) in [6.45, 7) is 5.37. The normalized spacial score (nSPS) is 17.1. The third kappa shape index (κ3) is 3.18. The highest BCUT2D eigenvalue weighted by atomic mass is 16.5. The van der Waals surface area contributed by atoms with Crippen LogP contribution in [-0.4, -0.2) is 40.2 Å². The molecule has 0 radical (unpaired) electrons. The van der Waals surface area contributed by atoms with Crippen LogP contribution < -0.4 is 9.64 Å². The molecule has 2 heterocycles. The predicted octanol–water partition coefficient (Wildman–Crippen LogP) is 3.23. The molecule has 1 N–H and O–H groups in total. The van der Waals surface area contributed by atoms with E-state index in [1.165, 1.54) is 0 Å². The van der Waals surface area contributed by atoms with Gasteiger partial charge in [-0.05, 0) is 51.0 Å². The number of rotatable bonds is 5. The third-order valence-electron chi connectivity index (χ3n) is 4.26. The number of ether oxygens (including phenoxy) is 1. The quantitative estimate of drug-likeness (QED) is 0.908. The minimum absolute atomic E-state index is 0.143. The van der Waals surface area contributed by atoms with E-state index in [-0.39, 0.29) is 5.56 Å². The first kappa shape index (κ1) is 16.2. The van der Waals surface area contributed by atoms with Gasteiger partial charge in [0.15, 0.2) is 0 Å². The van der Waals surface area contributed by atoms with Gasteiger partial charge in [-0.25, -0.2) is 14.8 Å². The molecule has 6 nitrogen and oxygen atoms in total. The molecule has 126 valence electrons. The lowest BCUT2D eigenvalue weighted by Crippen LogP contribution is -2.28. The van der Waals surface area contributed by atoms with E-state index in [4.69, 9.17) is 4.74 Å². The Bertz CT molecular complexity index is 748. The van der Waals surface area contributed by atoms with Crippen LogP contribution in [0.5, 0.6) is 5.75 Å². The van der Waals surface area contributed by atoms with Crippen molar-refractivity contribution in [1.29, 1.82) is 0 Å². The summed E-state index contributed by atoms with van der Waals surface area (Å²) < 4.78 is 5.39. The minimum Gasteiger partial charge on any atom is -0.493 e. The zero-order valence-corrected chi connectivity index (χ0v) is 13.9. The average Bonchev–Trinajstić information content (AvgIpc) is 3.01. The number of hydrogen-bond acceptors (Lipinski definition) is 5. The van der Waals surface area contributed by atoms with Crippen LogP contribution in [-0.2, 0) is 0 Å². The fourth-order valence-electron chi connectivity index (χ4n) is 3.02. The first-order chi connectivity index (χ1) is 11.6. The van der Waals surface area contributed by atoms with Gasteiger partial charge in [0.1, 0.15) is 11.3 Å². The van der Waals surface area contributed by atoms with Crippen molar-refractivity contribution in [3.8, 4) is 17.0 Å². The lowest BCUT2D eigenvalue weighted by molar-refractivity contribution is 0.0692. The van der Waals surface area contributed by atoms with E-state index in [0.717, 1.165) is 24.9 Å². The highest BCUT2D eigenvalue weighted by molar-refractivity contribution is 5.92. The van der Waals surface area contributed by atoms with E-state index < -0.39 is 5.97 Å². The van der Waals surface area contributed by atoms with Crippen LogP contribution in [0.2, 0.25) is 0 Å². The molecule has 2 aromatic rings. The molecule has 0 saturated carbocycles. The van der Waals surface area contributed by atoms with Gasteiger partial charge in [0.2, 0.25) is 5.95 Å². The Morgan fingerprint density at radius 3 is 2.92 bits per heavy atom. The van der Waals surface area contributed by atoms with Gasteiger partial charge in [0.25, 0.3) is 0 Å². The molecule has 6 heteroatoms. The molecule has 24 heavy (non-hydrogen) atoms. The number of carboxylic acid groups (broad SMARTS) is 1. The largest absolute Gasteiger partial charge is 0.493 e. The van der Waals surface area contributed by atoms with Crippen molar-refractivity contribution in [2.75, 3.05) is 18.1 Å². The van der Waals surface area contributed by atoms with Crippen molar-refractivity contribution < 1.29 is 14.6 Å². The van der Waals surface area contributed by atoms with Gasteiger partial charge >= 0.3 is 5.97 Å². The minimum atomic E-state index is -1.01. The molecule has 0 aliphatic carbocycles. The first-order valence-corrected chi connectivity index (χ1v) is 8.20. The number of aromatic nitrogens is 2. The van der Waals surface area contributed by atoms with E-state index in [2.05, 4.69) is 21.8 Å². The standard InChI is InChI=1S/C18H21N3O3/c1-3-24-16-7-6-13(11-14(16)17(22)23)15-8-9-19-18(20-15)21-10-4-5-12(21)2/h6-9,11-12H,3-5,10H2,1-2H3,(H,22,23). The maximum Gasteiger partial charge on any atom is 0.339 e. The molecule has 1 aromatic carbocycles.